The lowest BCUT2D eigenvalue weighted by molar-refractivity contribution is -0.0654. The zero-order chi connectivity index (χ0) is 31.5. The van der Waals surface area contributed by atoms with E-state index in [-0.39, 0.29) is 40.5 Å². The molecule has 2 aliphatic rings. The zero-order valence-electron chi connectivity index (χ0n) is 26.7. The minimum absolute atomic E-state index is 0.136. The van der Waals surface area contributed by atoms with Crippen molar-refractivity contribution in [2.75, 3.05) is 24.1 Å². The molecule has 1 aromatic carbocycles. The molecule has 2 fully saturated rings. The molecule has 4 unspecified atom stereocenters. The summed E-state index contributed by atoms with van der Waals surface area (Å²) in [6, 6.07) is 10.4. The number of amides is 1. The monoisotopic (exact) mass is 649 g/mol. The lowest BCUT2D eigenvalue weighted by atomic mass is 10.1. The lowest BCUT2D eigenvalue weighted by Crippen LogP contribution is -2.66. The quantitative estimate of drug-likeness (QED) is 0.243. The molecule has 2 aliphatic heterocycles. The molecule has 2 aromatic rings. The first-order chi connectivity index (χ1) is 20.4. The van der Waals surface area contributed by atoms with Gasteiger partial charge < -0.3 is 27.8 Å². The van der Waals surface area contributed by atoms with Gasteiger partial charge in [-0.05, 0) is 46.6 Å². The Hall–Kier alpha value is -1.85. The van der Waals surface area contributed by atoms with Crippen LogP contribution in [0.1, 0.15) is 72.0 Å². The SMILES string of the molecule is CSCOC1C2O[Si](C(C)C)(C(C)C)O[Si](C(C)C)(C(C)C)OCC2OC1n1ccc(NC(=O)c2ccccc2)nc1=O. The van der Waals surface area contributed by atoms with Gasteiger partial charge in [0.15, 0.2) is 6.23 Å². The van der Waals surface area contributed by atoms with Crippen molar-refractivity contribution < 1.29 is 27.2 Å². The predicted molar refractivity (Wildman–Crippen MR) is 174 cm³/mol. The van der Waals surface area contributed by atoms with Crippen molar-refractivity contribution in [1.82, 2.24) is 9.55 Å². The fourth-order valence-electron chi connectivity index (χ4n) is 6.12. The van der Waals surface area contributed by atoms with Crippen molar-refractivity contribution in [3.8, 4) is 0 Å². The number of hydrogen-bond donors (Lipinski definition) is 1. The number of thioether (sulfide) groups is 1. The van der Waals surface area contributed by atoms with Crippen LogP contribution in [-0.4, -0.2) is 69.7 Å². The van der Waals surface area contributed by atoms with Crippen molar-refractivity contribution in [1.29, 1.82) is 0 Å². The molecule has 1 amide bonds. The van der Waals surface area contributed by atoms with Crippen molar-refractivity contribution in [3.63, 3.8) is 0 Å². The summed E-state index contributed by atoms with van der Waals surface area (Å²) < 4.78 is 35.8. The molecule has 3 heterocycles. The Balaban J connectivity index is 1.71. The highest BCUT2D eigenvalue weighted by Crippen LogP contribution is 2.48. The molecule has 4 atom stereocenters. The number of aromatic nitrogens is 2. The van der Waals surface area contributed by atoms with Gasteiger partial charge in [0.2, 0.25) is 0 Å². The third-order valence-corrected chi connectivity index (χ3v) is 19.0. The minimum Gasteiger partial charge on any atom is -0.414 e. The smallest absolute Gasteiger partial charge is 0.351 e. The van der Waals surface area contributed by atoms with Crippen LogP contribution in [-0.2, 0) is 22.4 Å². The van der Waals surface area contributed by atoms with E-state index in [1.807, 2.05) is 12.3 Å². The first kappa shape index (κ1) is 34.0. The number of rotatable bonds is 10. The summed E-state index contributed by atoms with van der Waals surface area (Å²) in [4.78, 5) is 30.2. The van der Waals surface area contributed by atoms with E-state index in [0.29, 0.717) is 11.5 Å². The van der Waals surface area contributed by atoms with Gasteiger partial charge in [-0.2, -0.15) is 4.98 Å². The summed E-state index contributed by atoms with van der Waals surface area (Å²) in [6.07, 6.45) is 1.15. The van der Waals surface area contributed by atoms with E-state index < -0.39 is 47.4 Å². The largest absolute Gasteiger partial charge is 0.414 e. The topological polar surface area (TPSA) is 110 Å². The molecule has 0 radical (unpaired) electrons. The van der Waals surface area contributed by atoms with Crippen LogP contribution >= 0.6 is 11.8 Å². The average Bonchev–Trinajstić information content (AvgIpc) is 3.27. The van der Waals surface area contributed by atoms with Gasteiger partial charge in [0.1, 0.15) is 24.1 Å². The van der Waals surface area contributed by atoms with Crippen LogP contribution in [0.4, 0.5) is 5.82 Å². The van der Waals surface area contributed by atoms with Gasteiger partial charge in [0.05, 0.1) is 12.5 Å². The fraction of sp³-hybridized carbons (Fsp3) is 0.633. The maximum Gasteiger partial charge on any atom is 0.351 e. The molecule has 0 aliphatic carbocycles. The number of hydrogen-bond acceptors (Lipinski definition) is 9. The molecule has 0 saturated carbocycles. The number of ether oxygens (including phenoxy) is 2. The number of anilines is 1. The molecular formula is C30H47N3O7SSi2. The average molecular weight is 650 g/mol. The second kappa shape index (κ2) is 14.1. The van der Waals surface area contributed by atoms with Gasteiger partial charge in [-0.3, -0.25) is 9.36 Å². The third-order valence-electron chi connectivity index (χ3n) is 8.38. The summed E-state index contributed by atoms with van der Waals surface area (Å²) in [5.74, 6) is 0.199. The first-order valence-corrected chi connectivity index (χ1v) is 20.4. The van der Waals surface area contributed by atoms with E-state index in [1.165, 1.54) is 16.3 Å². The number of nitrogens with zero attached hydrogens (tertiary/aromatic N) is 2. The van der Waals surface area contributed by atoms with E-state index in [4.69, 9.17) is 22.4 Å². The number of carbonyl (C=O) groups excluding carboxylic acids is 1. The van der Waals surface area contributed by atoms with Crippen molar-refractivity contribution in [2.24, 2.45) is 0 Å². The molecule has 10 nitrogen and oxygen atoms in total. The molecule has 1 aromatic heterocycles. The number of nitrogens with one attached hydrogen (secondary N) is 1. The molecule has 4 rings (SSSR count). The second-order valence-corrected chi connectivity index (χ2v) is 22.1. The van der Waals surface area contributed by atoms with Crippen LogP contribution in [0, 0.1) is 0 Å². The van der Waals surface area contributed by atoms with Crippen LogP contribution in [0.15, 0.2) is 47.4 Å². The van der Waals surface area contributed by atoms with Gasteiger partial charge in [-0.1, -0.05) is 73.6 Å². The standard InChI is InChI=1S/C30H47N3O7SSi2/c1-19(2)42(20(3)4)37-17-24-26(39-43(40-42,21(5)6)22(7)8)27(36-18-41-9)29(38-24)33-16-15-25(32-30(33)35)31-28(34)23-13-11-10-12-14-23/h10-16,19-22,24,26-27,29H,17-18H2,1-9H3,(H,31,32,34,35). The molecule has 0 spiro atoms. The molecule has 0 bridgehead atoms. The highest BCUT2D eigenvalue weighted by Gasteiger charge is 2.62. The van der Waals surface area contributed by atoms with Crippen LogP contribution in [0.3, 0.4) is 0 Å². The van der Waals surface area contributed by atoms with E-state index >= 15 is 0 Å². The number of benzene rings is 1. The minimum atomic E-state index is -2.93. The van der Waals surface area contributed by atoms with Crippen LogP contribution in [0.5, 0.6) is 0 Å². The Morgan fingerprint density at radius 3 is 2.21 bits per heavy atom. The highest BCUT2D eigenvalue weighted by molar-refractivity contribution is 7.98. The van der Waals surface area contributed by atoms with Gasteiger partial charge in [0.25, 0.3) is 5.91 Å². The zero-order valence-corrected chi connectivity index (χ0v) is 29.6. The highest BCUT2D eigenvalue weighted by atomic mass is 32.2. The van der Waals surface area contributed by atoms with Gasteiger partial charge in [-0.15, -0.1) is 11.8 Å². The second-order valence-electron chi connectivity index (χ2n) is 12.5. The van der Waals surface area contributed by atoms with Gasteiger partial charge in [0, 0.05) is 11.8 Å². The van der Waals surface area contributed by atoms with E-state index in [9.17, 15) is 9.59 Å². The maximum atomic E-state index is 13.4. The molecule has 1 N–H and O–H groups in total. The summed E-state index contributed by atoms with van der Waals surface area (Å²) in [5, 5.41) is 2.70. The van der Waals surface area contributed by atoms with Crippen LogP contribution in [0.2, 0.25) is 22.2 Å². The van der Waals surface area contributed by atoms with Gasteiger partial charge >= 0.3 is 22.8 Å². The third kappa shape index (κ3) is 6.88. The maximum absolute atomic E-state index is 13.4. The molecule has 238 valence electrons. The molecule has 2 saturated heterocycles. The normalized spacial score (nSPS) is 25.1. The Morgan fingerprint density at radius 1 is 1.02 bits per heavy atom. The predicted octanol–water partition coefficient (Wildman–Crippen LogP) is 6.06. The van der Waals surface area contributed by atoms with E-state index in [0.717, 1.165) is 0 Å². The Kier molecular flexibility index (Phi) is 11.1. The fourth-order valence-corrected chi connectivity index (χ4v) is 17.6. The van der Waals surface area contributed by atoms with Crippen LogP contribution in [0.25, 0.3) is 0 Å². The van der Waals surface area contributed by atoms with E-state index in [1.54, 1.807) is 36.5 Å². The summed E-state index contributed by atoms with van der Waals surface area (Å²) >= 11 is 1.54. The summed E-state index contributed by atoms with van der Waals surface area (Å²) in [7, 11) is -5.69. The molecular weight excluding hydrogens is 603 g/mol. The van der Waals surface area contributed by atoms with Crippen LogP contribution < -0.4 is 11.0 Å². The molecule has 43 heavy (non-hydrogen) atoms. The van der Waals surface area contributed by atoms with Crippen molar-refractivity contribution in [3.05, 3.63) is 58.6 Å². The number of carbonyl (C=O) groups is 1. The van der Waals surface area contributed by atoms with Gasteiger partial charge in [-0.25, -0.2) is 4.79 Å². The Bertz CT molecular complexity index is 1280. The Morgan fingerprint density at radius 2 is 1.65 bits per heavy atom. The van der Waals surface area contributed by atoms with E-state index in [2.05, 4.69) is 65.7 Å². The van der Waals surface area contributed by atoms with Crippen molar-refractivity contribution >= 4 is 40.6 Å². The first-order valence-electron chi connectivity index (χ1n) is 15.1. The molecule has 13 heteroatoms. The lowest BCUT2D eigenvalue weighted by Gasteiger charge is -2.51. The summed E-state index contributed by atoms with van der Waals surface area (Å²) in [6.45, 7) is 17.7. The Labute approximate surface area is 261 Å². The summed E-state index contributed by atoms with van der Waals surface area (Å²) in [5.41, 5.74) is 0.572. The van der Waals surface area contributed by atoms with Crippen molar-refractivity contribution in [2.45, 2.75) is 102 Å². The number of fused-ring (bicyclic) bond motifs is 1.